The Kier molecular flexibility index (Phi) is 7.85. The lowest BCUT2D eigenvalue weighted by Gasteiger charge is -2.27. The number of hydrogen-bond donors (Lipinski definition) is 1. The van der Waals surface area contributed by atoms with Crippen molar-refractivity contribution in [3.63, 3.8) is 0 Å². The van der Waals surface area contributed by atoms with Crippen LogP contribution in [0.15, 0.2) is 6.07 Å². The summed E-state index contributed by atoms with van der Waals surface area (Å²) >= 11 is 0. The minimum absolute atomic E-state index is 0.270. The number of ether oxygens (including phenoxy) is 1. The van der Waals surface area contributed by atoms with E-state index in [1.54, 1.807) is 0 Å². The molecule has 0 saturated carbocycles. The number of nitrogens with zero attached hydrogens (tertiary/aromatic N) is 2. The summed E-state index contributed by atoms with van der Waals surface area (Å²) in [4.78, 5) is 0. The Labute approximate surface area is 123 Å². The van der Waals surface area contributed by atoms with E-state index in [2.05, 4.69) is 55.8 Å². The van der Waals surface area contributed by atoms with Gasteiger partial charge in [0, 0.05) is 31.3 Å². The average molecular weight is 281 g/mol. The molecule has 0 aromatic carbocycles. The Morgan fingerprint density at radius 1 is 1.30 bits per heavy atom. The van der Waals surface area contributed by atoms with E-state index in [0.29, 0.717) is 6.04 Å². The third kappa shape index (κ3) is 4.91. The highest BCUT2D eigenvalue weighted by molar-refractivity contribution is 5.11. The van der Waals surface area contributed by atoms with E-state index in [0.717, 1.165) is 44.7 Å². The van der Waals surface area contributed by atoms with Crippen LogP contribution in [-0.2, 0) is 17.7 Å². The fourth-order valence-corrected chi connectivity index (χ4v) is 2.66. The first kappa shape index (κ1) is 17.2. The van der Waals surface area contributed by atoms with Crippen molar-refractivity contribution in [2.75, 3.05) is 13.2 Å². The summed E-state index contributed by atoms with van der Waals surface area (Å²) in [6.45, 7) is 13.4. The van der Waals surface area contributed by atoms with Gasteiger partial charge >= 0.3 is 0 Å². The maximum Gasteiger partial charge on any atom is 0.0729 e. The lowest BCUT2D eigenvalue weighted by molar-refractivity contribution is 0.0315. The van der Waals surface area contributed by atoms with Crippen molar-refractivity contribution in [3.05, 3.63) is 17.5 Å². The minimum Gasteiger partial charge on any atom is -0.377 e. The third-order valence-corrected chi connectivity index (χ3v) is 3.60. The largest absolute Gasteiger partial charge is 0.377 e. The monoisotopic (exact) mass is 281 g/mol. The smallest absolute Gasteiger partial charge is 0.0729 e. The van der Waals surface area contributed by atoms with Gasteiger partial charge in [0.2, 0.25) is 0 Å². The predicted molar refractivity (Wildman–Crippen MR) is 84.1 cm³/mol. The van der Waals surface area contributed by atoms with Gasteiger partial charge in [0.25, 0.3) is 0 Å². The second-order valence-corrected chi connectivity index (χ2v) is 5.26. The first-order valence-corrected chi connectivity index (χ1v) is 8.04. The molecule has 0 radical (unpaired) electrons. The Morgan fingerprint density at radius 2 is 2.05 bits per heavy atom. The molecule has 0 aliphatic heterocycles. The lowest BCUT2D eigenvalue weighted by atomic mass is 10.0. The van der Waals surface area contributed by atoms with E-state index in [1.807, 2.05) is 0 Å². The number of rotatable bonds is 10. The summed E-state index contributed by atoms with van der Waals surface area (Å²) < 4.78 is 8.02. The van der Waals surface area contributed by atoms with Crippen LogP contribution in [0.25, 0.3) is 0 Å². The quantitative estimate of drug-likeness (QED) is 0.716. The molecule has 116 valence electrons. The zero-order valence-electron chi connectivity index (χ0n) is 13.8. The zero-order chi connectivity index (χ0) is 15.0. The van der Waals surface area contributed by atoms with Gasteiger partial charge in [-0.3, -0.25) is 4.68 Å². The molecule has 0 spiro atoms. The number of aromatic nitrogens is 2. The molecule has 0 saturated heterocycles. The van der Waals surface area contributed by atoms with E-state index in [1.165, 1.54) is 5.69 Å². The molecule has 2 unspecified atom stereocenters. The summed E-state index contributed by atoms with van der Waals surface area (Å²) in [5.41, 5.74) is 2.40. The fourth-order valence-electron chi connectivity index (χ4n) is 2.66. The predicted octanol–water partition coefficient (Wildman–Crippen LogP) is 2.94. The molecule has 20 heavy (non-hydrogen) atoms. The van der Waals surface area contributed by atoms with Crippen LogP contribution >= 0.6 is 0 Å². The van der Waals surface area contributed by atoms with Gasteiger partial charge in [0.05, 0.1) is 11.8 Å². The van der Waals surface area contributed by atoms with Gasteiger partial charge in [-0.05, 0) is 46.2 Å². The van der Waals surface area contributed by atoms with Crippen molar-refractivity contribution >= 4 is 0 Å². The van der Waals surface area contributed by atoms with Crippen LogP contribution in [-0.4, -0.2) is 35.1 Å². The van der Waals surface area contributed by atoms with E-state index in [4.69, 9.17) is 4.74 Å². The summed E-state index contributed by atoms with van der Waals surface area (Å²) in [6, 6.07) is 2.56. The van der Waals surface area contributed by atoms with E-state index >= 15 is 0 Å². The van der Waals surface area contributed by atoms with Gasteiger partial charge in [0.1, 0.15) is 0 Å². The van der Waals surface area contributed by atoms with Crippen molar-refractivity contribution in [2.24, 2.45) is 0 Å². The number of hydrogen-bond acceptors (Lipinski definition) is 3. The van der Waals surface area contributed by atoms with Crippen molar-refractivity contribution in [3.8, 4) is 0 Å². The van der Waals surface area contributed by atoms with Gasteiger partial charge in [-0.2, -0.15) is 5.10 Å². The highest BCUT2D eigenvalue weighted by Gasteiger charge is 2.21. The Hall–Kier alpha value is -0.870. The molecule has 0 amide bonds. The zero-order valence-corrected chi connectivity index (χ0v) is 13.8. The molecule has 0 aliphatic rings. The molecule has 1 aromatic heterocycles. The molecule has 1 rings (SSSR count). The Morgan fingerprint density at radius 3 is 2.60 bits per heavy atom. The van der Waals surface area contributed by atoms with Gasteiger partial charge in [0.15, 0.2) is 0 Å². The summed E-state index contributed by atoms with van der Waals surface area (Å²) in [6.07, 6.45) is 3.43. The van der Waals surface area contributed by atoms with Crippen molar-refractivity contribution in [2.45, 2.75) is 72.6 Å². The molecule has 0 bridgehead atoms. The first-order chi connectivity index (χ1) is 9.65. The molecule has 2 atom stereocenters. The van der Waals surface area contributed by atoms with Crippen LogP contribution in [0.1, 0.15) is 51.9 Å². The Balaban J connectivity index is 2.81. The minimum atomic E-state index is 0.270. The normalized spacial score (nSPS) is 14.4. The molecule has 4 nitrogen and oxygen atoms in total. The maximum absolute atomic E-state index is 5.91. The van der Waals surface area contributed by atoms with E-state index in [9.17, 15) is 0 Å². The summed E-state index contributed by atoms with van der Waals surface area (Å²) in [5.74, 6) is 0. The van der Waals surface area contributed by atoms with Crippen LogP contribution in [0.3, 0.4) is 0 Å². The van der Waals surface area contributed by atoms with Crippen molar-refractivity contribution in [1.82, 2.24) is 15.1 Å². The van der Waals surface area contributed by atoms with E-state index in [-0.39, 0.29) is 6.10 Å². The van der Waals surface area contributed by atoms with Crippen LogP contribution in [0.5, 0.6) is 0 Å². The molecular formula is C16H31N3O. The molecule has 1 heterocycles. The fraction of sp³-hybridized carbons (Fsp3) is 0.812. The lowest BCUT2D eigenvalue weighted by Crippen LogP contribution is -2.43. The molecular weight excluding hydrogens is 250 g/mol. The van der Waals surface area contributed by atoms with Gasteiger partial charge < -0.3 is 10.1 Å². The summed E-state index contributed by atoms with van der Waals surface area (Å²) in [5, 5.41) is 8.19. The summed E-state index contributed by atoms with van der Waals surface area (Å²) in [7, 11) is 0. The highest BCUT2D eigenvalue weighted by atomic mass is 16.5. The molecule has 0 aliphatic carbocycles. The van der Waals surface area contributed by atoms with Gasteiger partial charge in [-0.1, -0.05) is 13.8 Å². The topological polar surface area (TPSA) is 39.1 Å². The molecule has 1 aromatic rings. The van der Waals surface area contributed by atoms with Crippen molar-refractivity contribution < 1.29 is 4.74 Å². The van der Waals surface area contributed by atoms with Crippen LogP contribution < -0.4 is 5.32 Å². The van der Waals surface area contributed by atoms with E-state index < -0.39 is 0 Å². The second kappa shape index (κ2) is 9.14. The Bertz CT molecular complexity index is 376. The van der Waals surface area contributed by atoms with Gasteiger partial charge in [-0.15, -0.1) is 0 Å². The first-order valence-electron chi connectivity index (χ1n) is 8.04. The second-order valence-electron chi connectivity index (χ2n) is 5.26. The van der Waals surface area contributed by atoms with Crippen LogP contribution in [0.4, 0.5) is 0 Å². The standard InChI is InChI=1S/C16H31N3O/c1-6-10-17-15(16(7-2)20-9-4)12-14-11-13(5)18-19(14)8-3/h11,15-17H,6-10,12H2,1-5H3. The van der Waals surface area contributed by atoms with Gasteiger partial charge in [-0.25, -0.2) is 0 Å². The number of aryl methyl sites for hydroxylation is 2. The number of nitrogens with one attached hydrogen (secondary N) is 1. The SMILES string of the molecule is CCCNC(Cc1cc(C)nn1CC)C(CC)OCC. The van der Waals surface area contributed by atoms with Crippen molar-refractivity contribution in [1.29, 1.82) is 0 Å². The highest BCUT2D eigenvalue weighted by Crippen LogP contribution is 2.13. The molecule has 4 heteroatoms. The maximum atomic E-state index is 5.91. The van der Waals surface area contributed by atoms with Crippen LogP contribution in [0.2, 0.25) is 0 Å². The van der Waals surface area contributed by atoms with Crippen LogP contribution in [0, 0.1) is 6.92 Å². The molecule has 1 N–H and O–H groups in total. The third-order valence-electron chi connectivity index (χ3n) is 3.60. The molecule has 0 fully saturated rings. The average Bonchev–Trinajstić information content (AvgIpc) is 2.81.